The first-order chi connectivity index (χ1) is 7.03. The van der Waals surface area contributed by atoms with Crippen LogP contribution in [0.4, 0.5) is 8.78 Å². The highest BCUT2D eigenvalue weighted by molar-refractivity contribution is 6.30. The first-order valence-electron chi connectivity index (χ1n) is 4.97. The Kier molecular flexibility index (Phi) is 2.69. The zero-order valence-corrected chi connectivity index (χ0v) is 8.95. The molecule has 0 aliphatic heterocycles. The van der Waals surface area contributed by atoms with Gasteiger partial charge in [0, 0.05) is 16.1 Å². The normalized spacial score (nSPS) is 19.5. The zero-order valence-electron chi connectivity index (χ0n) is 8.19. The summed E-state index contributed by atoms with van der Waals surface area (Å²) in [6.07, 6.45) is 3.27. The third-order valence-electron chi connectivity index (χ3n) is 3.03. The molecule has 2 rings (SSSR count). The summed E-state index contributed by atoms with van der Waals surface area (Å²) in [5.41, 5.74) is 5.53. The van der Waals surface area contributed by atoms with Crippen LogP contribution in [-0.2, 0) is 5.54 Å². The van der Waals surface area contributed by atoms with Gasteiger partial charge in [0.2, 0.25) is 0 Å². The minimum atomic E-state index is -0.922. The van der Waals surface area contributed by atoms with Crippen LogP contribution < -0.4 is 5.73 Å². The Bertz CT molecular complexity index is 386. The van der Waals surface area contributed by atoms with Crippen LogP contribution in [0.25, 0.3) is 0 Å². The third kappa shape index (κ3) is 1.86. The smallest absolute Gasteiger partial charge is 0.163 e. The molecule has 1 aromatic carbocycles. The van der Waals surface area contributed by atoms with E-state index in [1.807, 2.05) is 0 Å². The van der Waals surface area contributed by atoms with Crippen LogP contribution >= 0.6 is 11.6 Å². The number of nitrogens with two attached hydrogens (primary N) is 1. The van der Waals surface area contributed by atoms with Gasteiger partial charge < -0.3 is 5.73 Å². The maximum atomic E-state index is 13.6. The van der Waals surface area contributed by atoms with E-state index in [1.54, 1.807) is 0 Å². The first kappa shape index (κ1) is 10.8. The van der Waals surface area contributed by atoms with Crippen molar-refractivity contribution in [2.45, 2.75) is 31.2 Å². The molecular formula is C11H12ClF2N. The van der Waals surface area contributed by atoms with Gasteiger partial charge in [0.05, 0.1) is 0 Å². The van der Waals surface area contributed by atoms with Gasteiger partial charge in [-0.3, -0.25) is 0 Å². The van der Waals surface area contributed by atoms with Crippen molar-refractivity contribution in [2.75, 3.05) is 0 Å². The lowest BCUT2D eigenvalue weighted by atomic mass is 9.89. The quantitative estimate of drug-likeness (QED) is 0.737. The highest BCUT2D eigenvalue weighted by Crippen LogP contribution is 2.38. The van der Waals surface area contributed by atoms with Crippen LogP contribution in [0.1, 0.15) is 31.2 Å². The van der Waals surface area contributed by atoms with E-state index >= 15 is 0 Å². The summed E-state index contributed by atoms with van der Waals surface area (Å²) in [5, 5.41) is 0.195. The summed E-state index contributed by atoms with van der Waals surface area (Å²) >= 11 is 5.70. The molecule has 1 nitrogen and oxygen atoms in total. The molecule has 0 amide bonds. The fourth-order valence-corrected chi connectivity index (χ4v) is 2.40. The van der Waals surface area contributed by atoms with Crippen molar-refractivity contribution < 1.29 is 8.78 Å². The van der Waals surface area contributed by atoms with Gasteiger partial charge in [0.25, 0.3) is 0 Å². The van der Waals surface area contributed by atoms with E-state index in [0.29, 0.717) is 12.8 Å². The van der Waals surface area contributed by atoms with E-state index in [0.717, 1.165) is 18.9 Å². The van der Waals surface area contributed by atoms with Crippen LogP contribution in [0.3, 0.4) is 0 Å². The Labute approximate surface area is 92.2 Å². The molecule has 2 N–H and O–H groups in total. The Hall–Kier alpha value is -0.670. The van der Waals surface area contributed by atoms with Crippen LogP contribution in [-0.4, -0.2) is 0 Å². The van der Waals surface area contributed by atoms with Crippen LogP contribution in [0.2, 0.25) is 5.02 Å². The lowest BCUT2D eigenvalue weighted by Gasteiger charge is -2.25. The van der Waals surface area contributed by atoms with Gasteiger partial charge in [-0.05, 0) is 25.0 Å². The topological polar surface area (TPSA) is 26.0 Å². The van der Waals surface area contributed by atoms with Crippen molar-refractivity contribution in [1.29, 1.82) is 0 Å². The molecule has 1 aromatic rings. The average Bonchev–Trinajstić information content (AvgIpc) is 2.59. The average molecular weight is 232 g/mol. The molecule has 0 atom stereocenters. The van der Waals surface area contributed by atoms with Gasteiger partial charge in [0.15, 0.2) is 11.6 Å². The maximum Gasteiger partial charge on any atom is 0.163 e. The van der Waals surface area contributed by atoms with Gasteiger partial charge in [-0.2, -0.15) is 0 Å². The fraction of sp³-hybridized carbons (Fsp3) is 0.455. The summed E-state index contributed by atoms with van der Waals surface area (Å²) in [6, 6.07) is 2.41. The van der Waals surface area contributed by atoms with Crippen molar-refractivity contribution in [1.82, 2.24) is 0 Å². The highest BCUT2D eigenvalue weighted by Gasteiger charge is 2.34. The van der Waals surface area contributed by atoms with E-state index in [9.17, 15) is 8.78 Å². The summed E-state index contributed by atoms with van der Waals surface area (Å²) in [6.45, 7) is 0. The molecule has 1 fully saturated rings. The number of benzene rings is 1. The van der Waals surface area contributed by atoms with Gasteiger partial charge in [-0.25, -0.2) is 8.78 Å². The second kappa shape index (κ2) is 3.72. The number of hydrogen-bond donors (Lipinski definition) is 1. The predicted octanol–water partition coefficient (Wildman–Crippen LogP) is 3.35. The molecular weight excluding hydrogens is 220 g/mol. The first-order valence-corrected chi connectivity index (χ1v) is 5.35. The van der Waals surface area contributed by atoms with E-state index in [2.05, 4.69) is 0 Å². The highest BCUT2D eigenvalue weighted by atomic mass is 35.5. The lowest BCUT2D eigenvalue weighted by Crippen LogP contribution is -2.34. The van der Waals surface area contributed by atoms with Crippen LogP contribution in [0.15, 0.2) is 12.1 Å². The summed E-state index contributed by atoms with van der Waals surface area (Å²) in [5.74, 6) is -1.78. The molecule has 1 saturated carbocycles. The van der Waals surface area contributed by atoms with Gasteiger partial charge >= 0.3 is 0 Å². The summed E-state index contributed by atoms with van der Waals surface area (Å²) in [7, 11) is 0. The minimum Gasteiger partial charge on any atom is -0.321 e. The third-order valence-corrected chi connectivity index (χ3v) is 3.24. The number of rotatable bonds is 1. The van der Waals surface area contributed by atoms with Crippen molar-refractivity contribution in [3.05, 3.63) is 34.4 Å². The van der Waals surface area contributed by atoms with Crippen molar-refractivity contribution in [3.63, 3.8) is 0 Å². The molecule has 1 aliphatic rings. The Morgan fingerprint density at radius 3 is 2.40 bits per heavy atom. The van der Waals surface area contributed by atoms with E-state index in [1.165, 1.54) is 6.07 Å². The summed E-state index contributed by atoms with van der Waals surface area (Å²) in [4.78, 5) is 0. The predicted molar refractivity (Wildman–Crippen MR) is 55.7 cm³/mol. The molecule has 0 radical (unpaired) electrons. The number of halogens is 3. The second-order valence-corrected chi connectivity index (χ2v) is 4.55. The monoisotopic (exact) mass is 231 g/mol. The lowest BCUT2D eigenvalue weighted by molar-refractivity contribution is 0.412. The Morgan fingerprint density at radius 1 is 1.20 bits per heavy atom. The zero-order chi connectivity index (χ0) is 11.1. The minimum absolute atomic E-state index is 0.195. The van der Waals surface area contributed by atoms with Gasteiger partial charge in [0.1, 0.15) is 0 Å². The molecule has 4 heteroatoms. The largest absolute Gasteiger partial charge is 0.321 e. The van der Waals surface area contributed by atoms with E-state index in [-0.39, 0.29) is 10.6 Å². The van der Waals surface area contributed by atoms with E-state index < -0.39 is 17.2 Å². The fourth-order valence-electron chi connectivity index (χ4n) is 2.19. The summed E-state index contributed by atoms with van der Waals surface area (Å²) < 4.78 is 26.7. The van der Waals surface area contributed by atoms with Crippen LogP contribution in [0.5, 0.6) is 0 Å². The van der Waals surface area contributed by atoms with Crippen LogP contribution in [0, 0.1) is 11.6 Å². The molecule has 0 spiro atoms. The SMILES string of the molecule is NC1(c2cc(Cl)cc(F)c2F)CCCC1. The molecule has 82 valence electrons. The Morgan fingerprint density at radius 2 is 1.80 bits per heavy atom. The number of hydrogen-bond acceptors (Lipinski definition) is 1. The van der Waals surface area contributed by atoms with Crippen molar-refractivity contribution in [3.8, 4) is 0 Å². The van der Waals surface area contributed by atoms with Crippen molar-refractivity contribution in [2.24, 2.45) is 5.73 Å². The maximum absolute atomic E-state index is 13.6. The molecule has 1 aliphatic carbocycles. The molecule has 15 heavy (non-hydrogen) atoms. The van der Waals surface area contributed by atoms with Gasteiger partial charge in [-0.1, -0.05) is 24.4 Å². The van der Waals surface area contributed by atoms with Gasteiger partial charge in [-0.15, -0.1) is 0 Å². The molecule has 0 bridgehead atoms. The molecule has 0 aromatic heterocycles. The van der Waals surface area contributed by atoms with E-state index in [4.69, 9.17) is 17.3 Å². The molecule has 0 saturated heterocycles. The van der Waals surface area contributed by atoms with Crippen molar-refractivity contribution >= 4 is 11.6 Å². The molecule has 0 unspecified atom stereocenters. The molecule has 0 heterocycles. The Balaban J connectivity index is 2.51. The standard InChI is InChI=1S/C11H12ClF2N/c12-7-5-8(10(14)9(13)6-7)11(15)3-1-2-4-11/h5-6H,1-4,15H2. The second-order valence-electron chi connectivity index (χ2n) is 4.11.